The van der Waals surface area contributed by atoms with Gasteiger partial charge in [-0.05, 0) is 57.7 Å². The minimum Gasteiger partial charge on any atom is -0.591 e. The average molecular weight is 339 g/mol. The Hall–Kier alpha value is -1.07. The summed E-state index contributed by atoms with van der Waals surface area (Å²) in [5.74, 6) is 0.534. The second-order valence-electron chi connectivity index (χ2n) is 7.39. The molecule has 1 saturated carbocycles. The summed E-state index contributed by atoms with van der Waals surface area (Å²) in [4.78, 5) is 0. The topological polar surface area (TPSA) is 44.7 Å². The Morgan fingerprint density at radius 2 is 2.04 bits per heavy atom. The first-order valence-electron chi connectivity index (χ1n) is 8.11. The van der Waals surface area contributed by atoms with E-state index in [4.69, 9.17) is 4.74 Å². The molecule has 0 bridgehead atoms. The number of benzene rings is 1. The lowest BCUT2D eigenvalue weighted by Gasteiger charge is -2.20. The van der Waals surface area contributed by atoms with E-state index in [-0.39, 0.29) is 17.5 Å². The van der Waals surface area contributed by atoms with Gasteiger partial charge in [0.25, 0.3) is 0 Å². The van der Waals surface area contributed by atoms with Gasteiger partial charge in [-0.25, -0.2) is 4.39 Å². The maximum atomic E-state index is 13.9. The molecule has 1 aromatic rings. The first-order chi connectivity index (χ1) is 10.7. The fourth-order valence-electron chi connectivity index (χ4n) is 1.98. The lowest BCUT2D eigenvalue weighted by Crippen LogP contribution is -2.28. The van der Waals surface area contributed by atoms with Gasteiger partial charge in [-0.3, -0.25) is 0 Å². The second kappa shape index (κ2) is 7.22. The maximum Gasteiger partial charge on any atom is 0.165 e. The Morgan fingerprint density at radius 1 is 1.39 bits per heavy atom. The van der Waals surface area contributed by atoms with Crippen LogP contribution in [0.1, 0.15) is 53.0 Å². The average Bonchev–Trinajstić information content (AvgIpc) is 3.26. The molecular weight excluding hydrogens is 313 g/mol. The molecule has 1 unspecified atom stereocenters. The van der Waals surface area contributed by atoms with E-state index in [1.165, 1.54) is 6.07 Å². The summed E-state index contributed by atoms with van der Waals surface area (Å²) < 4.78 is 35.9. The predicted molar refractivity (Wildman–Crippen MR) is 93.9 cm³/mol. The van der Waals surface area contributed by atoms with Crippen LogP contribution >= 0.6 is 0 Å². The van der Waals surface area contributed by atoms with E-state index in [1.807, 2.05) is 34.6 Å². The van der Waals surface area contributed by atoms with Crippen molar-refractivity contribution in [1.82, 2.24) is 0 Å². The molecule has 5 heteroatoms. The van der Waals surface area contributed by atoms with Crippen molar-refractivity contribution in [3.05, 3.63) is 29.6 Å². The molecule has 128 valence electrons. The van der Waals surface area contributed by atoms with Gasteiger partial charge in [0.05, 0.1) is 6.61 Å². The van der Waals surface area contributed by atoms with Gasteiger partial charge >= 0.3 is 0 Å². The minimum absolute atomic E-state index is 0.0862. The number of rotatable bonds is 6. The largest absolute Gasteiger partial charge is 0.591 e. The highest BCUT2D eigenvalue weighted by atomic mass is 32.2. The van der Waals surface area contributed by atoms with Crippen LogP contribution in [0.5, 0.6) is 5.75 Å². The Bertz CT molecular complexity index is 577. The number of hydrogen-bond donors (Lipinski definition) is 0. The lowest BCUT2D eigenvalue weighted by molar-refractivity contribution is 0.285. The fourth-order valence-corrected chi connectivity index (χ4v) is 2.75. The zero-order chi connectivity index (χ0) is 17.2. The van der Waals surface area contributed by atoms with Crippen LogP contribution < -0.4 is 4.74 Å². The summed E-state index contributed by atoms with van der Waals surface area (Å²) in [7, 11) is 0. The van der Waals surface area contributed by atoms with Gasteiger partial charge < -0.3 is 9.29 Å². The molecule has 1 atom stereocenters. The minimum atomic E-state index is -1.35. The SMILES string of the molecule is CC(C)/C(=N/[S+]([O-])C(C)(C)C)c1ccc(F)c(OCC2CC2)c1. The van der Waals surface area contributed by atoms with Crippen LogP contribution in [0, 0.1) is 17.7 Å². The molecule has 1 fully saturated rings. The van der Waals surface area contributed by atoms with E-state index >= 15 is 0 Å². The third-order valence-electron chi connectivity index (χ3n) is 3.65. The number of nitrogens with zero attached hydrogens (tertiary/aromatic N) is 1. The summed E-state index contributed by atoms with van der Waals surface area (Å²) in [6, 6.07) is 4.75. The van der Waals surface area contributed by atoms with Gasteiger partial charge in [-0.15, -0.1) is 0 Å². The molecule has 1 aromatic carbocycles. The molecule has 0 amide bonds. The van der Waals surface area contributed by atoms with E-state index in [2.05, 4.69) is 4.40 Å². The number of hydrogen-bond acceptors (Lipinski definition) is 3. The molecule has 0 heterocycles. The van der Waals surface area contributed by atoms with Gasteiger partial charge in [-0.1, -0.05) is 18.2 Å². The van der Waals surface area contributed by atoms with Crippen molar-refractivity contribution in [1.29, 1.82) is 0 Å². The van der Waals surface area contributed by atoms with Crippen molar-refractivity contribution in [2.24, 2.45) is 16.2 Å². The highest BCUT2D eigenvalue weighted by Gasteiger charge is 2.28. The Balaban J connectivity index is 2.27. The van der Waals surface area contributed by atoms with Crippen LogP contribution in [-0.4, -0.2) is 21.6 Å². The van der Waals surface area contributed by atoms with E-state index in [0.717, 1.165) is 24.1 Å². The van der Waals surface area contributed by atoms with Crippen molar-refractivity contribution < 1.29 is 13.7 Å². The Kier molecular flexibility index (Phi) is 5.74. The molecule has 0 spiro atoms. The molecule has 0 aromatic heterocycles. The monoisotopic (exact) mass is 339 g/mol. The first-order valence-corrected chi connectivity index (χ1v) is 9.22. The van der Waals surface area contributed by atoms with Gasteiger partial charge in [0, 0.05) is 11.5 Å². The summed E-state index contributed by atoms with van der Waals surface area (Å²) in [5.41, 5.74) is 1.49. The van der Waals surface area contributed by atoms with E-state index < -0.39 is 16.1 Å². The smallest absolute Gasteiger partial charge is 0.165 e. The standard InChI is InChI=1S/C18H26FNO2S/c1-12(2)17(20-23(21)18(3,4)5)14-8-9-15(19)16(10-14)22-11-13-6-7-13/h8-10,12-13H,6-7,11H2,1-5H3/b20-17-. The Morgan fingerprint density at radius 3 is 2.57 bits per heavy atom. The predicted octanol–water partition coefficient (Wildman–Crippen LogP) is 4.52. The highest BCUT2D eigenvalue weighted by molar-refractivity contribution is 7.91. The third kappa shape index (κ3) is 5.21. The molecule has 0 saturated heterocycles. The van der Waals surface area contributed by atoms with E-state index in [1.54, 1.807) is 12.1 Å². The summed E-state index contributed by atoms with van der Waals surface area (Å²) in [6.45, 7) is 10.2. The Labute approximate surface area is 141 Å². The van der Waals surface area contributed by atoms with Gasteiger partial charge in [0.2, 0.25) is 0 Å². The van der Waals surface area contributed by atoms with E-state index in [0.29, 0.717) is 12.5 Å². The third-order valence-corrected chi connectivity index (χ3v) is 5.06. The lowest BCUT2D eigenvalue weighted by atomic mass is 10.00. The van der Waals surface area contributed by atoms with Gasteiger partial charge in [0.15, 0.2) is 11.6 Å². The van der Waals surface area contributed by atoms with Crippen molar-refractivity contribution in [2.75, 3.05) is 6.61 Å². The summed E-state index contributed by atoms with van der Waals surface area (Å²) >= 11 is -1.35. The van der Waals surface area contributed by atoms with Crippen LogP contribution in [0.15, 0.2) is 22.6 Å². The molecule has 2 rings (SSSR count). The van der Waals surface area contributed by atoms with Crippen LogP contribution in [0.2, 0.25) is 0 Å². The molecule has 1 aliphatic rings. The molecular formula is C18H26FNO2S. The molecule has 23 heavy (non-hydrogen) atoms. The van der Waals surface area contributed by atoms with Crippen molar-refractivity contribution >= 4 is 17.1 Å². The van der Waals surface area contributed by atoms with Crippen LogP contribution in [-0.2, 0) is 11.4 Å². The molecule has 1 aliphatic carbocycles. The maximum absolute atomic E-state index is 13.9. The molecule has 0 aliphatic heterocycles. The zero-order valence-corrected chi connectivity index (χ0v) is 15.4. The number of ether oxygens (including phenoxy) is 1. The molecule has 0 N–H and O–H groups in total. The normalized spacial score (nSPS) is 17.5. The molecule has 3 nitrogen and oxygen atoms in total. The number of halogens is 1. The quantitative estimate of drug-likeness (QED) is 0.565. The van der Waals surface area contributed by atoms with Crippen molar-refractivity contribution in [2.45, 2.75) is 52.2 Å². The van der Waals surface area contributed by atoms with Gasteiger partial charge in [0.1, 0.15) is 21.8 Å². The zero-order valence-electron chi connectivity index (χ0n) is 14.6. The van der Waals surface area contributed by atoms with Crippen LogP contribution in [0.3, 0.4) is 0 Å². The fraction of sp³-hybridized carbons (Fsp3) is 0.611. The van der Waals surface area contributed by atoms with E-state index in [9.17, 15) is 8.94 Å². The van der Waals surface area contributed by atoms with Crippen molar-refractivity contribution in [3.63, 3.8) is 0 Å². The second-order valence-corrected chi connectivity index (χ2v) is 9.30. The molecule has 0 radical (unpaired) electrons. The summed E-state index contributed by atoms with van der Waals surface area (Å²) in [5, 5.41) is 0. The first kappa shape index (κ1) is 18.3. The summed E-state index contributed by atoms with van der Waals surface area (Å²) in [6.07, 6.45) is 2.31. The van der Waals surface area contributed by atoms with Crippen LogP contribution in [0.4, 0.5) is 4.39 Å². The van der Waals surface area contributed by atoms with Crippen molar-refractivity contribution in [3.8, 4) is 5.75 Å². The van der Waals surface area contributed by atoms with Gasteiger partial charge in [-0.2, -0.15) is 0 Å². The van der Waals surface area contributed by atoms with Crippen LogP contribution in [0.25, 0.3) is 0 Å². The highest BCUT2D eigenvalue weighted by Crippen LogP contribution is 2.31.